The normalized spacial score (nSPS) is 15.5. The molecule has 0 saturated heterocycles. The number of hydrogen-bond donors (Lipinski definition) is 0. The molecule has 0 aliphatic heterocycles. The van der Waals surface area contributed by atoms with Crippen molar-refractivity contribution >= 4 is 38.4 Å². The van der Waals surface area contributed by atoms with E-state index in [1.54, 1.807) is 0 Å². The molecule has 68 valence electrons. The Bertz CT molecular complexity index is 566. The highest BCUT2D eigenvalue weighted by Gasteiger charge is 2.12. The van der Waals surface area contributed by atoms with Crippen molar-refractivity contribution in [3.63, 3.8) is 0 Å². The van der Waals surface area contributed by atoms with Crippen LogP contribution in [-0.4, -0.2) is 9.78 Å². The summed E-state index contributed by atoms with van der Waals surface area (Å²) in [5.41, 5.74) is 0.0635. The average molecular weight is 267 g/mol. The van der Waals surface area contributed by atoms with Gasteiger partial charge in [-0.15, -0.1) is 0 Å². The van der Waals surface area contributed by atoms with Crippen molar-refractivity contribution in [3.05, 3.63) is 27.6 Å². The van der Waals surface area contributed by atoms with Crippen LogP contribution >= 0.6 is 27.5 Å². The third-order valence-electron chi connectivity index (χ3n) is 1.70. The largest absolute Gasteiger partial charge is 0.266 e. The predicted octanol–water partition coefficient (Wildman–Crippen LogP) is 3.13. The maximum Gasteiger partial charge on any atom is 0.145 e. The quantitative estimate of drug-likeness (QED) is 0.670. The topological polar surface area (TPSA) is 17.8 Å². The van der Waals surface area contributed by atoms with Crippen molar-refractivity contribution < 1.29 is 8.50 Å². The van der Waals surface area contributed by atoms with E-state index in [9.17, 15) is 4.39 Å². The number of rotatable bonds is 0. The lowest BCUT2D eigenvalue weighted by Gasteiger charge is -2.00. The first-order valence-electron chi connectivity index (χ1n) is 4.84. The SMILES string of the molecule is [2H]C([2H])([2H])n1ncc2c(Br)cc(F)c(Cl)c21. The first kappa shape index (κ1) is 5.98. The van der Waals surface area contributed by atoms with Crippen molar-refractivity contribution in [1.82, 2.24) is 9.78 Å². The molecule has 0 amide bonds. The van der Waals surface area contributed by atoms with Gasteiger partial charge in [0.05, 0.1) is 11.7 Å². The van der Waals surface area contributed by atoms with Gasteiger partial charge in [0.1, 0.15) is 10.8 Å². The van der Waals surface area contributed by atoms with Gasteiger partial charge in [-0.05, 0) is 22.0 Å². The van der Waals surface area contributed by atoms with Gasteiger partial charge in [-0.3, -0.25) is 4.68 Å². The summed E-state index contributed by atoms with van der Waals surface area (Å²) in [6.07, 6.45) is 1.33. The molecule has 0 bridgehead atoms. The third kappa shape index (κ3) is 1.25. The Morgan fingerprint density at radius 3 is 3.23 bits per heavy atom. The van der Waals surface area contributed by atoms with Gasteiger partial charge in [0.25, 0.3) is 0 Å². The summed E-state index contributed by atoms with van der Waals surface area (Å²) in [6.45, 7) is -2.49. The molecule has 0 saturated carbocycles. The number of hydrogen-bond acceptors (Lipinski definition) is 1. The highest BCUT2D eigenvalue weighted by Crippen LogP contribution is 2.31. The van der Waals surface area contributed by atoms with Gasteiger partial charge in [0.15, 0.2) is 0 Å². The van der Waals surface area contributed by atoms with Crippen LogP contribution in [0.3, 0.4) is 0 Å². The van der Waals surface area contributed by atoms with Gasteiger partial charge in [-0.1, -0.05) is 11.6 Å². The second-order valence-electron chi connectivity index (χ2n) is 2.47. The smallest absolute Gasteiger partial charge is 0.145 e. The Morgan fingerprint density at radius 1 is 1.77 bits per heavy atom. The summed E-state index contributed by atoms with van der Waals surface area (Å²) in [5, 5.41) is 3.92. The average Bonchev–Trinajstić information content (AvgIpc) is 2.58. The highest BCUT2D eigenvalue weighted by molar-refractivity contribution is 9.10. The van der Waals surface area contributed by atoms with E-state index in [1.165, 1.54) is 12.3 Å². The lowest BCUT2D eigenvalue weighted by molar-refractivity contribution is 0.628. The molecular formula is C8H5BrClFN2. The van der Waals surface area contributed by atoms with Crippen molar-refractivity contribution in [2.75, 3.05) is 0 Å². The van der Waals surface area contributed by atoms with Gasteiger partial charge in [0.2, 0.25) is 0 Å². The van der Waals surface area contributed by atoms with Gasteiger partial charge in [-0.2, -0.15) is 5.10 Å². The summed E-state index contributed by atoms with van der Waals surface area (Å²) < 4.78 is 36.3. The van der Waals surface area contributed by atoms with E-state index in [0.717, 1.165) is 4.68 Å². The minimum Gasteiger partial charge on any atom is -0.266 e. The second-order valence-corrected chi connectivity index (χ2v) is 3.71. The number of benzene rings is 1. The van der Waals surface area contributed by atoms with E-state index in [1.807, 2.05) is 0 Å². The first-order chi connectivity index (χ1) is 7.32. The van der Waals surface area contributed by atoms with Gasteiger partial charge in [-0.25, -0.2) is 4.39 Å². The number of aromatic nitrogens is 2. The van der Waals surface area contributed by atoms with Crippen molar-refractivity contribution in [3.8, 4) is 0 Å². The minimum absolute atomic E-state index is 0.0635. The van der Waals surface area contributed by atoms with Crippen LogP contribution in [0.15, 0.2) is 16.7 Å². The van der Waals surface area contributed by atoms with Crippen LogP contribution in [0.1, 0.15) is 4.11 Å². The summed E-state index contributed by atoms with van der Waals surface area (Å²) in [7, 11) is 0. The monoisotopic (exact) mass is 265 g/mol. The molecule has 2 nitrogen and oxygen atoms in total. The van der Waals surface area contributed by atoms with Crippen LogP contribution in [0.5, 0.6) is 0 Å². The van der Waals surface area contributed by atoms with E-state index < -0.39 is 12.8 Å². The van der Waals surface area contributed by atoms with Crippen LogP contribution in [0.4, 0.5) is 4.39 Å². The number of halogens is 3. The molecule has 1 heterocycles. The molecular weight excluding hydrogens is 258 g/mol. The Morgan fingerprint density at radius 2 is 2.54 bits per heavy atom. The fourth-order valence-corrected chi connectivity index (χ4v) is 1.83. The molecule has 0 radical (unpaired) electrons. The first-order valence-corrected chi connectivity index (χ1v) is 4.51. The third-order valence-corrected chi connectivity index (χ3v) is 2.71. The summed E-state index contributed by atoms with van der Waals surface area (Å²) >= 11 is 8.87. The second kappa shape index (κ2) is 2.96. The zero-order chi connectivity index (χ0) is 12.1. The molecule has 0 spiro atoms. The summed E-state index contributed by atoms with van der Waals surface area (Å²) in [4.78, 5) is 0. The molecule has 0 N–H and O–H groups in total. The lowest BCUT2D eigenvalue weighted by Crippen LogP contribution is -1.91. The molecule has 0 fully saturated rings. The molecule has 0 unspecified atom stereocenters. The number of fused-ring (bicyclic) bond motifs is 1. The van der Waals surface area contributed by atoms with Crippen LogP contribution in [0, 0.1) is 5.82 Å². The van der Waals surface area contributed by atoms with Crippen LogP contribution in [0.2, 0.25) is 5.02 Å². The Balaban J connectivity index is 2.91. The van der Waals surface area contributed by atoms with E-state index in [2.05, 4.69) is 21.0 Å². The molecule has 5 heteroatoms. The van der Waals surface area contributed by atoms with E-state index in [4.69, 9.17) is 15.7 Å². The summed E-state index contributed by atoms with van der Waals surface area (Å²) in [5.74, 6) is -0.688. The van der Waals surface area contributed by atoms with Gasteiger partial charge >= 0.3 is 0 Å². The van der Waals surface area contributed by atoms with E-state index in [0.29, 0.717) is 9.86 Å². The van der Waals surface area contributed by atoms with Crippen LogP contribution in [-0.2, 0) is 6.98 Å². The van der Waals surface area contributed by atoms with Gasteiger partial charge in [0, 0.05) is 20.9 Å². The molecule has 2 aromatic rings. The zero-order valence-electron chi connectivity index (χ0n) is 9.18. The maximum absolute atomic E-state index is 13.4. The molecule has 13 heavy (non-hydrogen) atoms. The molecule has 2 rings (SSSR count). The van der Waals surface area contributed by atoms with Crippen LogP contribution < -0.4 is 0 Å². The van der Waals surface area contributed by atoms with Gasteiger partial charge < -0.3 is 0 Å². The molecule has 0 aliphatic rings. The lowest BCUT2D eigenvalue weighted by atomic mass is 10.2. The number of aryl methyl sites for hydroxylation is 1. The van der Waals surface area contributed by atoms with E-state index >= 15 is 0 Å². The highest BCUT2D eigenvalue weighted by atomic mass is 79.9. The fourth-order valence-electron chi connectivity index (χ4n) is 1.10. The fraction of sp³-hybridized carbons (Fsp3) is 0.125. The molecule has 1 aromatic heterocycles. The molecule has 0 atom stereocenters. The molecule has 0 aliphatic carbocycles. The maximum atomic E-state index is 13.4. The summed E-state index contributed by atoms with van der Waals surface area (Å²) in [6, 6.07) is 1.18. The Hall–Kier alpha value is -0.610. The zero-order valence-corrected chi connectivity index (χ0v) is 8.52. The van der Waals surface area contributed by atoms with Crippen molar-refractivity contribution in [2.24, 2.45) is 6.98 Å². The predicted molar refractivity (Wildman–Crippen MR) is 53.4 cm³/mol. The van der Waals surface area contributed by atoms with E-state index in [-0.39, 0.29) is 10.5 Å². The van der Waals surface area contributed by atoms with Crippen LogP contribution in [0.25, 0.3) is 10.9 Å². The standard InChI is InChI=1S/C8H5BrClFN2/c1-13-8-4(3-12-13)5(9)2-6(11)7(8)10/h2-3H,1H3/i1D3. The van der Waals surface area contributed by atoms with Crippen molar-refractivity contribution in [1.29, 1.82) is 0 Å². The van der Waals surface area contributed by atoms with Crippen molar-refractivity contribution in [2.45, 2.75) is 0 Å². The Kier molecular flexibility index (Phi) is 1.36. The molecule has 1 aromatic carbocycles. The Labute approximate surface area is 91.6 Å². The number of nitrogens with zero attached hydrogens (tertiary/aromatic N) is 2. The minimum atomic E-state index is -2.49.